The number of ether oxygens (including phenoxy) is 1. The average Bonchev–Trinajstić information content (AvgIpc) is 3.25. The van der Waals surface area contributed by atoms with Crippen molar-refractivity contribution in [2.75, 3.05) is 6.61 Å². The number of fused-ring (bicyclic) bond motifs is 1. The quantitative estimate of drug-likeness (QED) is 0.312. The van der Waals surface area contributed by atoms with Crippen molar-refractivity contribution in [1.29, 1.82) is 0 Å². The number of aliphatic carboxylic acids is 1. The van der Waals surface area contributed by atoms with E-state index in [1.807, 2.05) is 31.2 Å². The monoisotopic (exact) mass is 472 g/mol. The maximum absolute atomic E-state index is 13.1. The molecule has 33 heavy (non-hydrogen) atoms. The Bertz CT molecular complexity index is 1290. The summed E-state index contributed by atoms with van der Waals surface area (Å²) in [4.78, 5) is 11.6. The lowest BCUT2D eigenvalue weighted by Gasteiger charge is -2.20. The van der Waals surface area contributed by atoms with Crippen LogP contribution in [-0.4, -0.2) is 27.9 Å². The minimum absolute atomic E-state index is 0.307. The van der Waals surface area contributed by atoms with Crippen LogP contribution in [0.5, 0.6) is 5.75 Å². The first-order valence-corrected chi connectivity index (χ1v) is 10.8. The summed E-state index contributed by atoms with van der Waals surface area (Å²) in [6, 6.07) is 16.2. The van der Waals surface area contributed by atoms with Gasteiger partial charge in [0.25, 0.3) is 0 Å². The minimum Gasteiger partial charge on any atom is -0.482 e. The van der Waals surface area contributed by atoms with Gasteiger partial charge in [0.15, 0.2) is 6.61 Å². The molecular weight excluding hydrogens is 453 g/mol. The molecule has 5 nitrogen and oxygen atoms in total. The standard InChI is InChI=1S/C24H19F3N2O3S/c1-14-11-17(9-10-21(14)32-13-22(30)31)33-23(15-5-7-16(8-6-15)24(25,26)27)18-3-2-4-20-19(18)12-28-29-20/h2-12,23H,13H2,1H3,(H,28,29)(H,30,31). The smallest absolute Gasteiger partial charge is 0.416 e. The molecule has 1 atom stereocenters. The number of aryl methyl sites for hydroxylation is 1. The molecule has 0 aliphatic heterocycles. The highest BCUT2D eigenvalue weighted by atomic mass is 32.2. The number of alkyl halides is 3. The molecule has 2 N–H and O–H groups in total. The zero-order valence-electron chi connectivity index (χ0n) is 17.4. The third-order valence-electron chi connectivity index (χ3n) is 5.09. The Morgan fingerprint density at radius 2 is 1.91 bits per heavy atom. The molecule has 0 radical (unpaired) electrons. The summed E-state index contributed by atoms with van der Waals surface area (Å²) in [5.41, 5.74) is 2.51. The second-order valence-electron chi connectivity index (χ2n) is 7.41. The van der Waals surface area contributed by atoms with Crippen LogP contribution in [0.2, 0.25) is 0 Å². The predicted molar refractivity (Wildman–Crippen MR) is 120 cm³/mol. The molecule has 1 heterocycles. The Morgan fingerprint density at radius 1 is 1.15 bits per heavy atom. The Balaban J connectivity index is 1.72. The summed E-state index contributed by atoms with van der Waals surface area (Å²) in [6.07, 6.45) is -2.70. The molecule has 0 aliphatic rings. The van der Waals surface area contributed by atoms with Crippen molar-refractivity contribution in [3.8, 4) is 5.75 Å². The molecule has 0 fully saturated rings. The lowest BCUT2D eigenvalue weighted by atomic mass is 10.00. The van der Waals surface area contributed by atoms with Gasteiger partial charge in [0.05, 0.1) is 22.5 Å². The number of aromatic nitrogens is 2. The molecule has 0 saturated carbocycles. The first-order chi connectivity index (χ1) is 15.7. The predicted octanol–water partition coefficient (Wildman–Crippen LogP) is 6.24. The number of hydrogen-bond donors (Lipinski definition) is 2. The van der Waals surface area contributed by atoms with Gasteiger partial charge in [-0.1, -0.05) is 24.3 Å². The second kappa shape index (κ2) is 9.19. The number of benzene rings is 3. The van der Waals surface area contributed by atoms with E-state index in [9.17, 15) is 18.0 Å². The summed E-state index contributed by atoms with van der Waals surface area (Å²) in [7, 11) is 0. The maximum atomic E-state index is 13.1. The number of H-pyrrole nitrogens is 1. The van der Waals surface area contributed by atoms with E-state index in [-0.39, 0.29) is 5.25 Å². The number of carboxylic acids is 1. The Morgan fingerprint density at radius 3 is 2.58 bits per heavy atom. The molecule has 0 aliphatic carbocycles. The molecule has 0 saturated heterocycles. The first kappa shape index (κ1) is 22.7. The summed E-state index contributed by atoms with van der Waals surface area (Å²) in [6.45, 7) is 1.37. The number of carbonyl (C=O) groups is 1. The van der Waals surface area contributed by atoms with Gasteiger partial charge in [0.1, 0.15) is 5.75 Å². The number of nitrogens with one attached hydrogen (secondary N) is 1. The summed E-state index contributed by atoms with van der Waals surface area (Å²) >= 11 is 1.48. The number of nitrogens with zero attached hydrogens (tertiary/aromatic N) is 1. The van der Waals surface area contributed by atoms with Crippen molar-refractivity contribution in [3.63, 3.8) is 0 Å². The van der Waals surface area contributed by atoms with Gasteiger partial charge in [-0.05, 0) is 60.0 Å². The second-order valence-corrected chi connectivity index (χ2v) is 8.58. The van der Waals surface area contributed by atoms with Crippen LogP contribution in [0, 0.1) is 6.92 Å². The summed E-state index contributed by atoms with van der Waals surface area (Å²) in [5, 5.41) is 16.4. The van der Waals surface area contributed by atoms with Crippen molar-refractivity contribution in [2.45, 2.75) is 23.2 Å². The van der Waals surface area contributed by atoms with Gasteiger partial charge in [0.2, 0.25) is 0 Å². The molecule has 0 amide bonds. The van der Waals surface area contributed by atoms with E-state index in [1.54, 1.807) is 18.3 Å². The Hall–Kier alpha value is -3.46. The van der Waals surface area contributed by atoms with Crippen molar-refractivity contribution in [1.82, 2.24) is 10.2 Å². The SMILES string of the molecule is Cc1cc(SC(c2ccc(C(F)(F)F)cc2)c2cccc3[nH]ncc23)ccc1OCC(=O)O. The van der Waals surface area contributed by atoms with Crippen LogP contribution in [0.1, 0.15) is 27.5 Å². The molecule has 4 aromatic rings. The minimum atomic E-state index is -4.41. The van der Waals surface area contributed by atoms with Gasteiger partial charge in [-0.3, -0.25) is 5.10 Å². The fraction of sp³-hybridized carbons (Fsp3) is 0.167. The largest absolute Gasteiger partial charge is 0.482 e. The van der Waals surface area contributed by atoms with Crippen LogP contribution in [0.25, 0.3) is 10.9 Å². The fourth-order valence-corrected chi connectivity index (χ4v) is 4.80. The van der Waals surface area contributed by atoms with E-state index in [2.05, 4.69) is 10.2 Å². The van der Waals surface area contributed by atoms with E-state index < -0.39 is 24.3 Å². The van der Waals surface area contributed by atoms with E-state index in [4.69, 9.17) is 9.84 Å². The van der Waals surface area contributed by atoms with E-state index in [1.165, 1.54) is 23.9 Å². The van der Waals surface area contributed by atoms with Crippen LogP contribution < -0.4 is 4.74 Å². The summed E-state index contributed by atoms with van der Waals surface area (Å²) in [5.74, 6) is -0.604. The van der Waals surface area contributed by atoms with Gasteiger partial charge in [0, 0.05) is 10.3 Å². The molecule has 1 unspecified atom stereocenters. The third-order valence-corrected chi connectivity index (χ3v) is 6.38. The van der Waals surface area contributed by atoms with Gasteiger partial charge in [-0.2, -0.15) is 18.3 Å². The van der Waals surface area contributed by atoms with E-state index >= 15 is 0 Å². The van der Waals surface area contributed by atoms with Gasteiger partial charge >= 0.3 is 12.1 Å². The van der Waals surface area contributed by atoms with Crippen LogP contribution in [-0.2, 0) is 11.0 Å². The van der Waals surface area contributed by atoms with Crippen molar-refractivity contribution >= 4 is 28.6 Å². The van der Waals surface area contributed by atoms with Crippen molar-refractivity contribution in [3.05, 3.63) is 89.1 Å². The molecule has 0 spiro atoms. The number of halogens is 3. The zero-order valence-corrected chi connectivity index (χ0v) is 18.2. The Kier molecular flexibility index (Phi) is 6.33. The number of thioether (sulfide) groups is 1. The molecular formula is C24H19F3N2O3S. The molecule has 1 aromatic heterocycles. The highest BCUT2D eigenvalue weighted by Crippen LogP contribution is 2.44. The molecule has 170 valence electrons. The van der Waals surface area contributed by atoms with Crippen LogP contribution >= 0.6 is 11.8 Å². The number of carboxylic acid groups (broad SMARTS) is 1. The highest BCUT2D eigenvalue weighted by molar-refractivity contribution is 7.99. The molecule has 9 heteroatoms. The third kappa shape index (κ3) is 5.14. The van der Waals surface area contributed by atoms with Gasteiger partial charge in [-0.15, -0.1) is 11.8 Å². The van der Waals surface area contributed by atoms with Gasteiger partial charge < -0.3 is 9.84 Å². The van der Waals surface area contributed by atoms with Gasteiger partial charge in [-0.25, -0.2) is 4.79 Å². The lowest BCUT2D eigenvalue weighted by molar-refractivity contribution is -0.139. The summed E-state index contributed by atoms with van der Waals surface area (Å²) < 4.78 is 44.5. The topological polar surface area (TPSA) is 75.2 Å². The fourth-order valence-electron chi connectivity index (χ4n) is 3.51. The highest BCUT2D eigenvalue weighted by Gasteiger charge is 2.30. The molecule has 0 bridgehead atoms. The number of aromatic amines is 1. The molecule has 4 rings (SSSR count). The first-order valence-electron chi connectivity index (χ1n) is 9.93. The van der Waals surface area contributed by atoms with Crippen molar-refractivity contribution < 1.29 is 27.8 Å². The van der Waals surface area contributed by atoms with Crippen LogP contribution in [0.4, 0.5) is 13.2 Å². The van der Waals surface area contributed by atoms with Crippen LogP contribution in [0.15, 0.2) is 71.8 Å². The number of rotatable bonds is 7. The normalized spacial score (nSPS) is 12.6. The van der Waals surface area contributed by atoms with E-state index in [0.717, 1.165) is 39.1 Å². The lowest BCUT2D eigenvalue weighted by Crippen LogP contribution is -2.10. The van der Waals surface area contributed by atoms with Crippen LogP contribution in [0.3, 0.4) is 0 Å². The van der Waals surface area contributed by atoms with E-state index in [0.29, 0.717) is 11.3 Å². The zero-order chi connectivity index (χ0) is 23.6. The van der Waals surface area contributed by atoms with Crippen molar-refractivity contribution in [2.24, 2.45) is 0 Å². The maximum Gasteiger partial charge on any atom is 0.416 e. The average molecular weight is 472 g/mol. The number of hydrogen-bond acceptors (Lipinski definition) is 4. The Labute approximate surface area is 191 Å². The molecule has 3 aromatic carbocycles.